The van der Waals surface area contributed by atoms with Gasteiger partial charge in [0.15, 0.2) is 0 Å². The van der Waals surface area contributed by atoms with Gasteiger partial charge in [0, 0.05) is 14.6 Å². The van der Waals surface area contributed by atoms with E-state index in [2.05, 4.69) is 12.1 Å². The molecular weight excluding hydrogens is 294 g/mol. The maximum absolute atomic E-state index is 9.35. The molecule has 0 aromatic carbocycles. The van der Waals surface area contributed by atoms with Gasteiger partial charge in [-0.05, 0) is 48.8 Å². The van der Waals surface area contributed by atoms with Gasteiger partial charge in [-0.25, -0.2) is 0 Å². The first-order valence-electron chi connectivity index (χ1n) is 6.25. The zero-order valence-electron chi connectivity index (χ0n) is 10.3. The van der Waals surface area contributed by atoms with Crippen molar-refractivity contribution in [2.24, 2.45) is 0 Å². The first kappa shape index (κ1) is 12.9. The summed E-state index contributed by atoms with van der Waals surface area (Å²) in [6, 6.07) is 8.31. The molecule has 3 rings (SSSR count). The van der Waals surface area contributed by atoms with Crippen molar-refractivity contribution in [3.8, 4) is 6.07 Å². The average Bonchev–Trinajstić information content (AvgIpc) is 3.08. The third-order valence-electron chi connectivity index (χ3n) is 3.31. The molecular formula is C15H12ClNS2. The summed E-state index contributed by atoms with van der Waals surface area (Å²) in [7, 11) is 0. The Morgan fingerprint density at radius 3 is 2.79 bits per heavy atom. The Bertz CT molecular complexity index is 635. The highest BCUT2D eigenvalue weighted by Crippen LogP contribution is 2.38. The molecule has 96 valence electrons. The monoisotopic (exact) mass is 305 g/mol. The van der Waals surface area contributed by atoms with Crippen molar-refractivity contribution in [3.63, 3.8) is 0 Å². The minimum Gasteiger partial charge on any atom is -0.192 e. The van der Waals surface area contributed by atoms with E-state index in [1.54, 1.807) is 22.7 Å². The van der Waals surface area contributed by atoms with E-state index >= 15 is 0 Å². The van der Waals surface area contributed by atoms with Crippen LogP contribution in [-0.4, -0.2) is 0 Å². The minimum absolute atomic E-state index is 0.593. The minimum atomic E-state index is 0.593. The average molecular weight is 306 g/mol. The van der Waals surface area contributed by atoms with Crippen molar-refractivity contribution >= 4 is 44.9 Å². The van der Waals surface area contributed by atoms with Crippen LogP contribution in [0.5, 0.6) is 0 Å². The lowest BCUT2D eigenvalue weighted by Crippen LogP contribution is -1.96. The molecule has 1 nitrogen and oxygen atoms in total. The number of hydrogen-bond donors (Lipinski definition) is 0. The predicted octanol–water partition coefficient (Wildman–Crippen LogP) is 5.32. The lowest BCUT2D eigenvalue weighted by Gasteiger charge is -2.08. The first-order valence-corrected chi connectivity index (χ1v) is 8.32. The van der Waals surface area contributed by atoms with Crippen LogP contribution in [0, 0.1) is 11.3 Å². The number of aryl methyl sites for hydroxylation is 2. The van der Waals surface area contributed by atoms with E-state index in [1.165, 1.54) is 23.3 Å². The molecule has 1 aliphatic carbocycles. The van der Waals surface area contributed by atoms with Crippen molar-refractivity contribution in [2.75, 3.05) is 0 Å². The molecule has 2 heterocycles. The Morgan fingerprint density at radius 1 is 1.26 bits per heavy atom. The van der Waals surface area contributed by atoms with E-state index in [-0.39, 0.29) is 0 Å². The molecule has 0 amide bonds. The number of nitrogens with zero attached hydrogens (tertiary/aromatic N) is 1. The molecule has 0 unspecified atom stereocenters. The van der Waals surface area contributed by atoms with Crippen LogP contribution in [0.4, 0.5) is 0 Å². The van der Waals surface area contributed by atoms with Gasteiger partial charge in [-0.1, -0.05) is 17.7 Å². The number of nitriles is 1. The molecule has 0 atom stereocenters. The van der Waals surface area contributed by atoms with Gasteiger partial charge in [0.2, 0.25) is 0 Å². The van der Waals surface area contributed by atoms with Crippen LogP contribution < -0.4 is 0 Å². The van der Waals surface area contributed by atoms with Gasteiger partial charge in [-0.3, -0.25) is 0 Å². The van der Waals surface area contributed by atoms with E-state index in [0.717, 1.165) is 22.6 Å². The second-order valence-corrected chi connectivity index (χ2v) is 7.01. The van der Waals surface area contributed by atoms with Gasteiger partial charge in [0.1, 0.15) is 6.07 Å². The van der Waals surface area contributed by atoms with Crippen LogP contribution in [-0.2, 0) is 12.8 Å². The summed E-state index contributed by atoms with van der Waals surface area (Å²) in [6.45, 7) is 0. The highest BCUT2D eigenvalue weighted by molar-refractivity contribution is 7.14. The van der Waals surface area contributed by atoms with Crippen LogP contribution in [0.1, 0.15) is 33.0 Å². The lowest BCUT2D eigenvalue weighted by molar-refractivity contribution is 0.697. The van der Waals surface area contributed by atoms with Crippen LogP contribution in [0.25, 0.3) is 10.6 Å². The summed E-state index contributed by atoms with van der Waals surface area (Å²) in [6.07, 6.45) is 4.84. The Morgan fingerprint density at radius 2 is 2.11 bits per heavy atom. The van der Waals surface area contributed by atoms with Crippen molar-refractivity contribution in [3.05, 3.63) is 43.8 Å². The fourth-order valence-corrected chi connectivity index (χ4v) is 4.65. The summed E-state index contributed by atoms with van der Waals surface area (Å²) >= 11 is 9.76. The Labute approximate surface area is 125 Å². The largest absolute Gasteiger partial charge is 0.192 e. The third kappa shape index (κ3) is 2.49. The SMILES string of the molecule is N#C/C(=C(/Cl)c1cc2c(s1)CCCC2)c1cccs1. The number of fused-ring (bicyclic) bond motifs is 1. The van der Waals surface area contributed by atoms with Gasteiger partial charge >= 0.3 is 0 Å². The summed E-state index contributed by atoms with van der Waals surface area (Å²) in [4.78, 5) is 3.43. The number of thiophene rings is 2. The first-order chi connectivity index (χ1) is 9.29. The molecule has 1 aliphatic rings. The van der Waals surface area contributed by atoms with Gasteiger partial charge < -0.3 is 0 Å². The number of rotatable bonds is 2. The Kier molecular flexibility index (Phi) is 3.74. The molecule has 0 fully saturated rings. The van der Waals surface area contributed by atoms with Gasteiger partial charge in [0.05, 0.1) is 10.6 Å². The molecule has 2 aromatic heterocycles. The van der Waals surface area contributed by atoms with Crippen molar-refractivity contribution in [2.45, 2.75) is 25.7 Å². The van der Waals surface area contributed by atoms with Crippen LogP contribution in [0.2, 0.25) is 0 Å². The zero-order valence-corrected chi connectivity index (χ0v) is 12.7. The number of allylic oxidation sites excluding steroid dienone is 1. The van der Waals surface area contributed by atoms with E-state index in [9.17, 15) is 5.26 Å². The molecule has 0 spiro atoms. The summed E-state index contributed by atoms with van der Waals surface area (Å²) in [5.74, 6) is 0. The summed E-state index contributed by atoms with van der Waals surface area (Å²) in [5.41, 5.74) is 2.02. The van der Waals surface area contributed by atoms with Gasteiger partial charge in [-0.2, -0.15) is 5.26 Å². The van der Waals surface area contributed by atoms with Crippen LogP contribution in [0.15, 0.2) is 23.6 Å². The third-order valence-corrected chi connectivity index (χ3v) is 5.96. The van der Waals surface area contributed by atoms with Crippen molar-refractivity contribution < 1.29 is 0 Å². The summed E-state index contributed by atoms with van der Waals surface area (Å²) < 4.78 is 0. The van der Waals surface area contributed by atoms with E-state index in [1.807, 2.05) is 17.5 Å². The fourth-order valence-electron chi connectivity index (χ4n) is 2.36. The number of halogens is 1. The zero-order chi connectivity index (χ0) is 13.2. The van der Waals surface area contributed by atoms with Crippen LogP contribution in [0.3, 0.4) is 0 Å². The maximum atomic E-state index is 9.35. The molecule has 19 heavy (non-hydrogen) atoms. The number of hydrogen-bond acceptors (Lipinski definition) is 3. The lowest BCUT2D eigenvalue weighted by atomic mass is 9.99. The Hall–Kier alpha value is -1.08. The molecule has 0 aliphatic heterocycles. The second-order valence-electron chi connectivity index (χ2n) is 4.54. The van der Waals surface area contributed by atoms with Gasteiger partial charge in [-0.15, -0.1) is 22.7 Å². The van der Waals surface area contributed by atoms with Crippen LogP contribution >= 0.6 is 34.3 Å². The maximum Gasteiger partial charge on any atom is 0.102 e. The normalized spacial score (nSPS) is 15.6. The highest BCUT2D eigenvalue weighted by atomic mass is 35.5. The molecule has 2 aromatic rings. The quantitative estimate of drug-likeness (QED) is 0.689. The smallest absolute Gasteiger partial charge is 0.102 e. The molecule has 0 radical (unpaired) electrons. The van der Waals surface area contributed by atoms with E-state index in [0.29, 0.717) is 10.6 Å². The molecule has 0 N–H and O–H groups in total. The van der Waals surface area contributed by atoms with Gasteiger partial charge in [0.25, 0.3) is 0 Å². The van der Waals surface area contributed by atoms with E-state index in [4.69, 9.17) is 11.6 Å². The topological polar surface area (TPSA) is 23.8 Å². The standard InChI is InChI=1S/C15H12ClNS2/c16-15(11(9-17)13-6-3-7-18-13)14-8-10-4-1-2-5-12(10)19-14/h3,6-8H,1-2,4-5H2/b15-11-. The highest BCUT2D eigenvalue weighted by Gasteiger charge is 2.17. The second kappa shape index (κ2) is 5.50. The molecule has 0 saturated carbocycles. The van der Waals surface area contributed by atoms with E-state index < -0.39 is 0 Å². The van der Waals surface area contributed by atoms with Crippen molar-refractivity contribution in [1.29, 1.82) is 5.26 Å². The molecule has 0 saturated heterocycles. The molecule has 0 bridgehead atoms. The predicted molar refractivity (Wildman–Crippen MR) is 83.6 cm³/mol. The Balaban J connectivity index is 2.05. The summed E-state index contributed by atoms with van der Waals surface area (Å²) in [5, 5.41) is 11.9. The van der Waals surface area contributed by atoms with Crippen molar-refractivity contribution in [1.82, 2.24) is 0 Å². The fraction of sp³-hybridized carbons (Fsp3) is 0.267. The molecule has 4 heteroatoms.